The molecule has 8 nitrogen and oxygen atoms in total. The zero-order chi connectivity index (χ0) is 22.9. The molecule has 1 atom stereocenters. The lowest BCUT2D eigenvalue weighted by molar-refractivity contribution is 0.196. The molecule has 32 heavy (non-hydrogen) atoms. The first-order chi connectivity index (χ1) is 15.1. The van der Waals surface area contributed by atoms with Crippen molar-refractivity contribution in [2.24, 2.45) is 12.5 Å². The number of aromatic nitrogens is 4. The molecular formula is C23H29N5O3S. The lowest BCUT2D eigenvalue weighted by Crippen LogP contribution is -2.27. The van der Waals surface area contributed by atoms with Gasteiger partial charge in [-0.2, -0.15) is 10.1 Å². The second kappa shape index (κ2) is 8.54. The number of aryl methyl sites for hydroxylation is 2. The van der Waals surface area contributed by atoms with E-state index in [1.54, 1.807) is 7.05 Å². The summed E-state index contributed by atoms with van der Waals surface area (Å²) in [4.78, 5) is 9.05. The second-order valence-corrected chi connectivity index (χ2v) is 10.7. The quantitative estimate of drug-likeness (QED) is 0.573. The molecule has 2 heterocycles. The molecule has 1 aromatic carbocycles. The first kappa shape index (κ1) is 22.3. The maximum atomic E-state index is 12.9. The van der Waals surface area contributed by atoms with E-state index in [0.29, 0.717) is 11.6 Å². The van der Waals surface area contributed by atoms with Crippen molar-refractivity contribution in [2.45, 2.75) is 57.3 Å². The van der Waals surface area contributed by atoms with Gasteiger partial charge in [-0.3, -0.25) is 4.68 Å². The molecular weight excluding hydrogens is 426 g/mol. The van der Waals surface area contributed by atoms with Crippen molar-refractivity contribution in [2.75, 3.05) is 4.72 Å². The topological polar surface area (TPSA) is 99.0 Å². The Morgan fingerprint density at radius 3 is 2.66 bits per heavy atom. The SMILES string of the molecule is Cc1ccccc1Oc1cc(C2CCCCC2(C)C)nc(NS(=O)(=O)c2cnn(C)c2)n1. The maximum Gasteiger partial charge on any atom is 0.267 e. The molecule has 170 valence electrons. The standard InChI is InChI=1S/C23H29N5O3S/c1-16-9-5-6-11-20(16)31-21-13-19(18-10-7-8-12-23(18,2)3)25-22(26-21)27-32(29,30)17-14-24-28(4)15-17/h5-6,9,11,13-15,18H,7-8,10,12H2,1-4H3,(H,25,26,27). The fourth-order valence-corrected chi connectivity index (χ4v) is 5.19. The maximum absolute atomic E-state index is 12.9. The van der Waals surface area contributed by atoms with E-state index in [-0.39, 0.29) is 22.2 Å². The minimum Gasteiger partial charge on any atom is -0.439 e. The van der Waals surface area contributed by atoms with Crippen molar-refractivity contribution in [3.05, 3.63) is 54.0 Å². The lowest BCUT2D eigenvalue weighted by Gasteiger charge is -2.38. The van der Waals surface area contributed by atoms with E-state index in [0.717, 1.165) is 30.5 Å². The normalized spacial score (nSPS) is 18.3. The molecule has 4 rings (SSSR count). The molecule has 0 amide bonds. The van der Waals surface area contributed by atoms with Gasteiger partial charge in [-0.25, -0.2) is 18.1 Å². The zero-order valence-corrected chi connectivity index (χ0v) is 19.7. The molecule has 1 unspecified atom stereocenters. The van der Waals surface area contributed by atoms with Crippen molar-refractivity contribution in [1.82, 2.24) is 19.7 Å². The smallest absolute Gasteiger partial charge is 0.267 e. The Labute approximate surface area is 189 Å². The predicted molar refractivity (Wildman–Crippen MR) is 122 cm³/mol. The molecule has 0 aliphatic heterocycles. The van der Waals surface area contributed by atoms with Crippen LogP contribution in [0.3, 0.4) is 0 Å². The van der Waals surface area contributed by atoms with E-state index in [1.165, 1.54) is 23.5 Å². The highest BCUT2D eigenvalue weighted by atomic mass is 32.2. The molecule has 3 aromatic rings. The number of ether oxygens (including phenoxy) is 1. The number of sulfonamides is 1. The summed E-state index contributed by atoms with van der Waals surface area (Å²) in [7, 11) is -2.22. The van der Waals surface area contributed by atoms with Gasteiger partial charge >= 0.3 is 0 Å². The molecule has 0 saturated heterocycles. The van der Waals surface area contributed by atoms with E-state index in [1.807, 2.05) is 37.3 Å². The average molecular weight is 456 g/mol. The fourth-order valence-electron chi connectivity index (χ4n) is 4.26. The highest BCUT2D eigenvalue weighted by Gasteiger charge is 2.35. The molecule has 0 spiro atoms. The number of hydrogen-bond donors (Lipinski definition) is 1. The third-order valence-electron chi connectivity index (χ3n) is 6.11. The number of nitrogens with zero attached hydrogens (tertiary/aromatic N) is 4. The molecule has 1 aliphatic rings. The van der Waals surface area contributed by atoms with Crippen LogP contribution >= 0.6 is 0 Å². The average Bonchev–Trinajstić information content (AvgIpc) is 3.16. The molecule has 1 N–H and O–H groups in total. The van der Waals surface area contributed by atoms with Gasteiger partial charge < -0.3 is 4.74 Å². The van der Waals surface area contributed by atoms with E-state index < -0.39 is 10.0 Å². The molecule has 0 bridgehead atoms. The third kappa shape index (κ3) is 4.77. The van der Waals surface area contributed by atoms with Crippen LogP contribution in [0.1, 0.15) is 56.7 Å². The monoisotopic (exact) mass is 455 g/mol. The summed E-state index contributed by atoms with van der Waals surface area (Å²) in [5, 5.41) is 3.95. The van der Waals surface area contributed by atoms with Crippen molar-refractivity contribution < 1.29 is 13.2 Å². The van der Waals surface area contributed by atoms with Crippen LogP contribution in [-0.2, 0) is 17.1 Å². The third-order valence-corrected chi connectivity index (χ3v) is 7.39. The predicted octanol–water partition coefficient (Wildman–Crippen LogP) is 4.80. The van der Waals surface area contributed by atoms with E-state index in [9.17, 15) is 8.42 Å². The molecule has 1 fully saturated rings. The van der Waals surface area contributed by atoms with Gasteiger partial charge in [0.25, 0.3) is 10.0 Å². The van der Waals surface area contributed by atoms with Gasteiger partial charge in [0.2, 0.25) is 11.8 Å². The number of benzene rings is 1. The van der Waals surface area contributed by atoms with Crippen LogP contribution in [0.5, 0.6) is 11.6 Å². The summed E-state index contributed by atoms with van der Waals surface area (Å²) in [5.41, 5.74) is 1.80. The van der Waals surface area contributed by atoms with Crippen LogP contribution in [0, 0.1) is 12.3 Å². The summed E-state index contributed by atoms with van der Waals surface area (Å²) in [6, 6.07) is 9.48. The Hall–Kier alpha value is -2.94. The summed E-state index contributed by atoms with van der Waals surface area (Å²) in [6.45, 7) is 6.42. The van der Waals surface area contributed by atoms with Crippen LogP contribution in [0.4, 0.5) is 5.95 Å². The first-order valence-corrected chi connectivity index (χ1v) is 12.3. The number of rotatable bonds is 6. The number of hydrogen-bond acceptors (Lipinski definition) is 6. The van der Waals surface area contributed by atoms with Gasteiger partial charge in [0, 0.05) is 25.2 Å². The Kier molecular flexibility index (Phi) is 5.94. The molecule has 9 heteroatoms. The first-order valence-electron chi connectivity index (χ1n) is 10.8. The van der Waals surface area contributed by atoms with E-state index in [2.05, 4.69) is 33.6 Å². The lowest BCUT2D eigenvalue weighted by atomic mass is 9.67. The second-order valence-electron chi connectivity index (χ2n) is 9.06. The summed E-state index contributed by atoms with van der Waals surface area (Å²) in [6.07, 6.45) is 7.10. The molecule has 0 radical (unpaired) electrons. The number of para-hydroxylation sites is 1. The Balaban J connectivity index is 1.74. The summed E-state index contributed by atoms with van der Waals surface area (Å²) >= 11 is 0. The van der Waals surface area contributed by atoms with Crippen LogP contribution in [0.2, 0.25) is 0 Å². The van der Waals surface area contributed by atoms with Gasteiger partial charge in [0.1, 0.15) is 10.6 Å². The van der Waals surface area contributed by atoms with Crippen molar-refractivity contribution in [3.63, 3.8) is 0 Å². The van der Waals surface area contributed by atoms with Gasteiger partial charge in [-0.1, -0.05) is 44.9 Å². The Morgan fingerprint density at radius 2 is 1.97 bits per heavy atom. The highest BCUT2D eigenvalue weighted by molar-refractivity contribution is 7.92. The largest absolute Gasteiger partial charge is 0.439 e. The number of nitrogens with one attached hydrogen (secondary N) is 1. The van der Waals surface area contributed by atoms with Crippen molar-refractivity contribution in [1.29, 1.82) is 0 Å². The van der Waals surface area contributed by atoms with E-state index in [4.69, 9.17) is 4.74 Å². The van der Waals surface area contributed by atoms with Gasteiger partial charge in [-0.15, -0.1) is 0 Å². The van der Waals surface area contributed by atoms with Crippen molar-refractivity contribution >= 4 is 16.0 Å². The van der Waals surface area contributed by atoms with Crippen LogP contribution in [0.25, 0.3) is 0 Å². The summed E-state index contributed by atoms with van der Waals surface area (Å²) < 4.78 is 35.8. The summed E-state index contributed by atoms with van der Waals surface area (Å²) in [5.74, 6) is 1.16. The van der Waals surface area contributed by atoms with Gasteiger partial charge in [-0.05, 0) is 36.8 Å². The van der Waals surface area contributed by atoms with Crippen molar-refractivity contribution in [3.8, 4) is 11.6 Å². The molecule has 2 aromatic heterocycles. The van der Waals surface area contributed by atoms with Gasteiger partial charge in [0.15, 0.2) is 0 Å². The minimum atomic E-state index is -3.88. The van der Waals surface area contributed by atoms with Crippen LogP contribution < -0.4 is 9.46 Å². The minimum absolute atomic E-state index is 0.00342. The zero-order valence-electron chi connectivity index (χ0n) is 18.9. The molecule has 1 saturated carbocycles. The Bertz CT molecular complexity index is 1220. The highest BCUT2D eigenvalue weighted by Crippen LogP contribution is 2.47. The van der Waals surface area contributed by atoms with E-state index >= 15 is 0 Å². The fraction of sp³-hybridized carbons (Fsp3) is 0.435. The molecule has 1 aliphatic carbocycles. The van der Waals surface area contributed by atoms with Crippen LogP contribution in [0.15, 0.2) is 47.6 Å². The Morgan fingerprint density at radius 1 is 1.19 bits per heavy atom. The number of anilines is 1. The van der Waals surface area contributed by atoms with Crippen LogP contribution in [-0.4, -0.2) is 28.2 Å². The van der Waals surface area contributed by atoms with Gasteiger partial charge in [0.05, 0.1) is 11.9 Å².